The van der Waals surface area contributed by atoms with Gasteiger partial charge in [0, 0.05) is 10.5 Å². The number of rotatable bonds is 2. The number of hydrazine groups is 1. The molecule has 12 heavy (non-hydrogen) atoms. The molecular weight excluding hydrogens is 223 g/mol. The Morgan fingerprint density at radius 1 is 1.58 bits per heavy atom. The summed E-state index contributed by atoms with van der Waals surface area (Å²) in [6, 6.07) is 4.54. The van der Waals surface area contributed by atoms with Gasteiger partial charge < -0.3 is 0 Å². The van der Waals surface area contributed by atoms with Gasteiger partial charge >= 0.3 is 0 Å². The van der Waals surface area contributed by atoms with Crippen LogP contribution in [0.1, 0.15) is 18.5 Å². The first-order valence-electron chi connectivity index (χ1n) is 3.56. The first-order valence-corrected chi connectivity index (χ1v) is 4.35. The maximum absolute atomic E-state index is 12.6. The Labute approximate surface area is 79.1 Å². The molecular formula is C8H10BrFN2. The van der Waals surface area contributed by atoms with Crippen LogP contribution in [0.5, 0.6) is 0 Å². The fraction of sp³-hybridized carbons (Fsp3) is 0.250. The van der Waals surface area contributed by atoms with E-state index in [9.17, 15) is 4.39 Å². The number of nitrogens with one attached hydrogen (secondary N) is 1. The molecule has 0 fully saturated rings. The van der Waals surface area contributed by atoms with Crippen LogP contribution in [0.3, 0.4) is 0 Å². The molecule has 1 rings (SSSR count). The third kappa shape index (κ3) is 2.03. The molecule has 0 aromatic heterocycles. The molecule has 1 unspecified atom stereocenters. The molecule has 0 radical (unpaired) electrons. The molecule has 66 valence electrons. The summed E-state index contributed by atoms with van der Waals surface area (Å²) >= 11 is 3.25. The van der Waals surface area contributed by atoms with E-state index in [1.165, 1.54) is 12.1 Å². The van der Waals surface area contributed by atoms with E-state index in [0.29, 0.717) is 0 Å². The molecule has 0 heterocycles. The van der Waals surface area contributed by atoms with E-state index in [4.69, 9.17) is 5.84 Å². The molecule has 1 aromatic rings. The number of nitrogens with two attached hydrogens (primary N) is 1. The van der Waals surface area contributed by atoms with Gasteiger partial charge in [0.25, 0.3) is 0 Å². The largest absolute Gasteiger partial charge is 0.271 e. The summed E-state index contributed by atoms with van der Waals surface area (Å²) in [5.41, 5.74) is 3.53. The van der Waals surface area contributed by atoms with Gasteiger partial charge in [-0.05, 0) is 24.6 Å². The molecule has 0 spiro atoms. The number of halogens is 2. The lowest BCUT2D eigenvalue weighted by molar-refractivity contribution is 0.592. The Balaban J connectivity index is 3.01. The van der Waals surface area contributed by atoms with Gasteiger partial charge in [-0.3, -0.25) is 11.3 Å². The Hall–Kier alpha value is -0.450. The third-order valence-corrected chi connectivity index (χ3v) is 2.37. The molecule has 0 saturated heterocycles. The highest BCUT2D eigenvalue weighted by molar-refractivity contribution is 9.10. The average molecular weight is 233 g/mol. The van der Waals surface area contributed by atoms with Gasteiger partial charge in [0.05, 0.1) is 0 Å². The lowest BCUT2D eigenvalue weighted by Gasteiger charge is -2.11. The summed E-state index contributed by atoms with van der Waals surface area (Å²) in [4.78, 5) is 0. The van der Waals surface area contributed by atoms with Crippen molar-refractivity contribution >= 4 is 15.9 Å². The molecule has 0 bridgehead atoms. The Morgan fingerprint density at radius 2 is 2.25 bits per heavy atom. The van der Waals surface area contributed by atoms with E-state index >= 15 is 0 Å². The minimum Gasteiger partial charge on any atom is -0.271 e. The quantitative estimate of drug-likeness (QED) is 0.606. The average Bonchev–Trinajstić information content (AvgIpc) is 2.03. The molecule has 1 atom stereocenters. The van der Waals surface area contributed by atoms with Crippen LogP contribution in [0.4, 0.5) is 4.39 Å². The van der Waals surface area contributed by atoms with Gasteiger partial charge in [0.2, 0.25) is 0 Å². The molecule has 0 saturated carbocycles. The van der Waals surface area contributed by atoms with Crippen LogP contribution in [-0.2, 0) is 0 Å². The predicted octanol–water partition coefficient (Wildman–Crippen LogP) is 2.11. The van der Waals surface area contributed by atoms with Crippen molar-refractivity contribution in [3.63, 3.8) is 0 Å². The fourth-order valence-electron chi connectivity index (χ4n) is 0.942. The van der Waals surface area contributed by atoms with Crippen molar-refractivity contribution in [1.82, 2.24) is 5.43 Å². The van der Waals surface area contributed by atoms with E-state index in [1.807, 2.05) is 6.92 Å². The second-order valence-corrected chi connectivity index (χ2v) is 3.41. The molecule has 3 N–H and O–H groups in total. The van der Waals surface area contributed by atoms with Crippen molar-refractivity contribution in [1.29, 1.82) is 0 Å². The molecule has 4 heteroatoms. The zero-order valence-corrected chi connectivity index (χ0v) is 8.23. The van der Waals surface area contributed by atoms with Crippen LogP contribution in [-0.4, -0.2) is 0 Å². The van der Waals surface area contributed by atoms with Crippen LogP contribution in [0.2, 0.25) is 0 Å². The van der Waals surface area contributed by atoms with Crippen molar-refractivity contribution in [3.05, 3.63) is 34.1 Å². The topological polar surface area (TPSA) is 38.0 Å². The highest BCUT2D eigenvalue weighted by atomic mass is 79.9. The van der Waals surface area contributed by atoms with E-state index in [2.05, 4.69) is 21.4 Å². The first kappa shape index (κ1) is 9.64. The van der Waals surface area contributed by atoms with Crippen molar-refractivity contribution in [2.75, 3.05) is 0 Å². The summed E-state index contributed by atoms with van der Waals surface area (Å²) in [6.07, 6.45) is 0. The maximum atomic E-state index is 12.6. The van der Waals surface area contributed by atoms with Crippen LogP contribution in [0, 0.1) is 5.82 Å². The highest BCUT2D eigenvalue weighted by Crippen LogP contribution is 2.23. The third-order valence-electron chi connectivity index (χ3n) is 1.68. The van der Waals surface area contributed by atoms with Crippen molar-refractivity contribution in [2.24, 2.45) is 5.84 Å². The molecule has 0 aliphatic carbocycles. The zero-order chi connectivity index (χ0) is 9.14. The Bertz CT molecular complexity index is 278. The van der Waals surface area contributed by atoms with Gasteiger partial charge in [-0.2, -0.15) is 0 Å². The van der Waals surface area contributed by atoms with Crippen molar-refractivity contribution < 1.29 is 4.39 Å². The van der Waals surface area contributed by atoms with E-state index in [0.717, 1.165) is 10.0 Å². The smallest absolute Gasteiger partial charge is 0.124 e. The Morgan fingerprint density at radius 3 is 2.75 bits per heavy atom. The molecule has 0 aliphatic rings. The van der Waals surface area contributed by atoms with Crippen molar-refractivity contribution in [2.45, 2.75) is 13.0 Å². The van der Waals surface area contributed by atoms with Crippen molar-refractivity contribution in [3.8, 4) is 0 Å². The SMILES string of the molecule is CC(NN)c1ccc(F)cc1Br. The lowest BCUT2D eigenvalue weighted by atomic mass is 10.1. The first-order chi connectivity index (χ1) is 5.65. The van der Waals surface area contributed by atoms with E-state index in [-0.39, 0.29) is 11.9 Å². The molecule has 0 amide bonds. The predicted molar refractivity (Wildman–Crippen MR) is 49.8 cm³/mol. The summed E-state index contributed by atoms with van der Waals surface area (Å²) in [5, 5.41) is 0. The standard InChI is InChI=1S/C8H10BrFN2/c1-5(12-11)7-3-2-6(10)4-8(7)9/h2-5,12H,11H2,1H3. The van der Waals surface area contributed by atoms with Gasteiger partial charge in [0.15, 0.2) is 0 Å². The van der Waals surface area contributed by atoms with Gasteiger partial charge in [-0.1, -0.05) is 22.0 Å². The summed E-state index contributed by atoms with van der Waals surface area (Å²) in [5.74, 6) is 4.99. The van der Waals surface area contributed by atoms with Gasteiger partial charge in [-0.25, -0.2) is 4.39 Å². The molecule has 2 nitrogen and oxygen atoms in total. The number of hydrogen-bond donors (Lipinski definition) is 2. The van der Waals surface area contributed by atoms with Crippen LogP contribution in [0.15, 0.2) is 22.7 Å². The summed E-state index contributed by atoms with van der Waals surface area (Å²) < 4.78 is 13.4. The number of benzene rings is 1. The van der Waals surface area contributed by atoms with Crippen LogP contribution < -0.4 is 11.3 Å². The van der Waals surface area contributed by atoms with Crippen LogP contribution in [0.25, 0.3) is 0 Å². The molecule has 0 aliphatic heterocycles. The minimum absolute atomic E-state index is 0.0139. The maximum Gasteiger partial charge on any atom is 0.124 e. The van der Waals surface area contributed by atoms with E-state index in [1.54, 1.807) is 6.07 Å². The fourth-order valence-corrected chi connectivity index (χ4v) is 1.64. The van der Waals surface area contributed by atoms with Gasteiger partial charge in [0.1, 0.15) is 5.82 Å². The van der Waals surface area contributed by atoms with Crippen LogP contribution >= 0.6 is 15.9 Å². The number of hydrogen-bond acceptors (Lipinski definition) is 2. The Kier molecular flexibility index (Phi) is 3.20. The lowest BCUT2D eigenvalue weighted by Crippen LogP contribution is -2.25. The second-order valence-electron chi connectivity index (χ2n) is 2.55. The highest BCUT2D eigenvalue weighted by Gasteiger charge is 2.07. The zero-order valence-electron chi connectivity index (χ0n) is 6.64. The summed E-state index contributed by atoms with van der Waals surface area (Å²) in [6.45, 7) is 1.90. The monoisotopic (exact) mass is 232 g/mol. The van der Waals surface area contributed by atoms with E-state index < -0.39 is 0 Å². The van der Waals surface area contributed by atoms with Gasteiger partial charge in [-0.15, -0.1) is 0 Å². The second kappa shape index (κ2) is 3.98. The normalized spacial score (nSPS) is 13.0. The molecule has 1 aromatic carbocycles. The minimum atomic E-state index is -0.255. The summed E-state index contributed by atoms with van der Waals surface area (Å²) in [7, 11) is 0.